The first-order valence-corrected chi connectivity index (χ1v) is 7.58. The summed E-state index contributed by atoms with van der Waals surface area (Å²) in [4.78, 5) is 22.6. The average Bonchev–Trinajstić information content (AvgIpc) is 3.05. The maximum Gasteiger partial charge on any atom is 0.243 e. The molecule has 2 rings (SSSR count). The van der Waals surface area contributed by atoms with E-state index >= 15 is 0 Å². The van der Waals surface area contributed by atoms with E-state index in [2.05, 4.69) is 27.5 Å². The van der Waals surface area contributed by atoms with Crippen molar-refractivity contribution in [3.8, 4) is 0 Å². The highest BCUT2D eigenvalue weighted by atomic mass is 16.5. The molecular weight excluding hydrogens is 334 g/mol. The Morgan fingerprint density at radius 3 is 2.76 bits per heavy atom. The van der Waals surface area contributed by atoms with Gasteiger partial charge in [-0.3, -0.25) is 9.59 Å². The molecule has 0 aromatic carbocycles. The van der Waals surface area contributed by atoms with Gasteiger partial charge in [-0.1, -0.05) is 11.8 Å². The lowest BCUT2D eigenvalue weighted by Crippen LogP contribution is -2.62. The van der Waals surface area contributed by atoms with E-state index in [1.807, 2.05) is 0 Å². The SMILES string of the molecule is C=CC(=O)NCc1cn([C@@H]2O[C@H](CO)[C@@H](O)[C@H](O)[C@H]2NC(C)=O)nn1. The second-order valence-electron chi connectivity index (χ2n) is 5.57. The molecule has 0 radical (unpaired) electrons. The number of nitrogens with zero attached hydrogens (tertiary/aromatic N) is 3. The molecule has 25 heavy (non-hydrogen) atoms. The van der Waals surface area contributed by atoms with E-state index in [0.717, 1.165) is 6.08 Å². The number of rotatable bonds is 6. The van der Waals surface area contributed by atoms with E-state index in [4.69, 9.17) is 4.74 Å². The molecule has 1 aliphatic rings. The van der Waals surface area contributed by atoms with Crippen molar-refractivity contribution in [1.82, 2.24) is 25.6 Å². The van der Waals surface area contributed by atoms with Gasteiger partial charge in [-0.25, -0.2) is 4.68 Å². The van der Waals surface area contributed by atoms with Crippen LogP contribution >= 0.6 is 0 Å². The zero-order valence-electron chi connectivity index (χ0n) is 13.6. The van der Waals surface area contributed by atoms with Crippen molar-refractivity contribution in [2.75, 3.05) is 6.61 Å². The van der Waals surface area contributed by atoms with E-state index in [1.54, 1.807) is 0 Å². The molecule has 1 aromatic rings. The van der Waals surface area contributed by atoms with Crippen molar-refractivity contribution in [2.24, 2.45) is 0 Å². The van der Waals surface area contributed by atoms with E-state index < -0.39 is 43.1 Å². The minimum Gasteiger partial charge on any atom is -0.394 e. The summed E-state index contributed by atoms with van der Waals surface area (Å²) in [5, 5.41) is 42.3. The van der Waals surface area contributed by atoms with Crippen molar-refractivity contribution >= 4 is 11.8 Å². The third-order valence-corrected chi connectivity index (χ3v) is 3.72. The van der Waals surface area contributed by atoms with Gasteiger partial charge in [-0.15, -0.1) is 5.10 Å². The number of hydrogen-bond acceptors (Lipinski definition) is 8. The molecule has 0 unspecified atom stereocenters. The number of ether oxygens (including phenoxy) is 1. The van der Waals surface area contributed by atoms with Crippen LogP contribution in [-0.2, 0) is 20.9 Å². The molecule has 11 heteroatoms. The standard InChI is InChI=1S/C14H21N5O6/c1-3-10(22)15-4-8-5-19(18-17-8)14-11(16-7(2)21)13(24)12(23)9(6-20)25-14/h3,5,9,11-14,20,23-24H,1,4,6H2,2H3,(H,15,22)(H,16,21)/t9-,11-,12-,13-,14-/m1/s1. The highest BCUT2D eigenvalue weighted by Crippen LogP contribution is 2.27. The average molecular weight is 355 g/mol. The lowest BCUT2D eigenvalue weighted by atomic mass is 9.96. The van der Waals surface area contributed by atoms with Gasteiger partial charge in [0.15, 0.2) is 6.23 Å². The molecule has 2 amide bonds. The molecule has 138 valence electrons. The molecular formula is C14H21N5O6. The summed E-state index contributed by atoms with van der Waals surface area (Å²) in [7, 11) is 0. The van der Waals surface area contributed by atoms with Crippen LogP contribution in [0.3, 0.4) is 0 Å². The lowest BCUT2D eigenvalue weighted by molar-refractivity contribution is -0.219. The molecule has 5 atom stereocenters. The van der Waals surface area contributed by atoms with E-state index in [-0.39, 0.29) is 12.5 Å². The zero-order chi connectivity index (χ0) is 18.6. The van der Waals surface area contributed by atoms with Crippen LogP contribution < -0.4 is 10.6 Å². The van der Waals surface area contributed by atoms with Crippen LogP contribution in [0.4, 0.5) is 0 Å². The van der Waals surface area contributed by atoms with Crippen molar-refractivity contribution in [3.63, 3.8) is 0 Å². The van der Waals surface area contributed by atoms with Crippen molar-refractivity contribution in [1.29, 1.82) is 0 Å². The first-order chi connectivity index (χ1) is 11.9. The van der Waals surface area contributed by atoms with Gasteiger partial charge in [-0.05, 0) is 6.08 Å². The number of aliphatic hydroxyl groups is 3. The number of carbonyl (C=O) groups excluding carboxylic acids is 2. The fourth-order valence-electron chi connectivity index (χ4n) is 2.48. The van der Waals surface area contributed by atoms with Gasteiger partial charge >= 0.3 is 0 Å². The number of hydrogen-bond donors (Lipinski definition) is 5. The molecule has 5 N–H and O–H groups in total. The van der Waals surface area contributed by atoms with Crippen LogP contribution in [0.1, 0.15) is 18.8 Å². The maximum absolute atomic E-state index is 11.4. The Bertz CT molecular complexity index is 635. The summed E-state index contributed by atoms with van der Waals surface area (Å²) < 4.78 is 6.80. The molecule has 1 aromatic heterocycles. The molecule has 1 aliphatic heterocycles. The molecule has 0 aliphatic carbocycles. The molecule has 2 heterocycles. The molecule has 0 bridgehead atoms. The van der Waals surface area contributed by atoms with Crippen LogP contribution in [0.15, 0.2) is 18.9 Å². The number of carbonyl (C=O) groups is 2. The lowest BCUT2D eigenvalue weighted by Gasteiger charge is -2.42. The van der Waals surface area contributed by atoms with Gasteiger partial charge in [0.1, 0.15) is 30.0 Å². The Kier molecular flexibility index (Phi) is 6.20. The largest absolute Gasteiger partial charge is 0.394 e. The van der Waals surface area contributed by atoms with E-state index in [1.165, 1.54) is 17.8 Å². The summed E-state index contributed by atoms with van der Waals surface area (Å²) in [6.07, 6.45) is -2.25. The number of nitrogens with one attached hydrogen (secondary N) is 2. The van der Waals surface area contributed by atoms with Crippen LogP contribution in [0.5, 0.6) is 0 Å². The number of aliphatic hydroxyl groups excluding tert-OH is 3. The van der Waals surface area contributed by atoms with Gasteiger partial charge in [-0.2, -0.15) is 0 Å². The summed E-state index contributed by atoms with van der Waals surface area (Å²) in [5.41, 5.74) is 0.404. The van der Waals surface area contributed by atoms with Crippen LogP contribution in [0.2, 0.25) is 0 Å². The van der Waals surface area contributed by atoms with Crippen LogP contribution in [0.25, 0.3) is 0 Å². The normalized spacial score (nSPS) is 29.0. The fraction of sp³-hybridized carbons (Fsp3) is 0.571. The predicted molar refractivity (Wildman–Crippen MR) is 82.7 cm³/mol. The highest BCUT2D eigenvalue weighted by Gasteiger charge is 2.46. The highest BCUT2D eigenvalue weighted by molar-refractivity contribution is 5.86. The van der Waals surface area contributed by atoms with Gasteiger partial charge in [0, 0.05) is 6.92 Å². The zero-order valence-corrected chi connectivity index (χ0v) is 13.6. The Labute approximate surface area is 143 Å². The fourth-order valence-corrected chi connectivity index (χ4v) is 2.48. The molecule has 1 saturated heterocycles. The second kappa shape index (κ2) is 8.16. The molecule has 11 nitrogen and oxygen atoms in total. The molecule has 0 saturated carbocycles. The first-order valence-electron chi connectivity index (χ1n) is 7.58. The second-order valence-corrected chi connectivity index (χ2v) is 5.57. The van der Waals surface area contributed by atoms with E-state index in [0.29, 0.717) is 5.69 Å². The van der Waals surface area contributed by atoms with Crippen molar-refractivity contribution in [3.05, 3.63) is 24.5 Å². The van der Waals surface area contributed by atoms with Gasteiger partial charge in [0.05, 0.1) is 19.3 Å². The van der Waals surface area contributed by atoms with Gasteiger partial charge < -0.3 is 30.7 Å². The minimum atomic E-state index is -1.38. The topological polar surface area (TPSA) is 159 Å². The summed E-state index contributed by atoms with van der Waals surface area (Å²) >= 11 is 0. The van der Waals surface area contributed by atoms with Crippen molar-refractivity contribution < 1.29 is 29.6 Å². The quantitative estimate of drug-likeness (QED) is 0.342. The number of aromatic nitrogens is 3. The van der Waals surface area contributed by atoms with Gasteiger partial charge in [0.25, 0.3) is 0 Å². The third-order valence-electron chi connectivity index (χ3n) is 3.72. The van der Waals surface area contributed by atoms with Gasteiger partial charge in [0.2, 0.25) is 11.8 Å². The van der Waals surface area contributed by atoms with Crippen LogP contribution in [-0.4, -0.2) is 73.1 Å². The Hall–Kier alpha value is -2.34. The maximum atomic E-state index is 11.4. The Morgan fingerprint density at radius 2 is 2.16 bits per heavy atom. The minimum absolute atomic E-state index is 0.0942. The summed E-state index contributed by atoms with van der Waals surface area (Å²) in [5.74, 6) is -0.815. The summed E-state index contributed by atoms with van der Waals surface area (Å²) in [6.45, 7) is 4.15. The Balaban J connectivity index is 2.20. The summed E-state index contributed by atoms with van der Waals surface area (Å²) in [6, 6.07) is -1.01. The van der Waals surface area contributed by atoms with E-state index in [9.17, 15) is 24.9 Å². The molecule has 0 spiro atoms. The van der Waals surface area contributed by atoms with Crippen LogP contribution in [0, 0.1) is 0 Å². The first kappa shape index (κ1) is 19.0. The molecule has 1 fully saturated rings. The van der Waals surface area contributed by atoms with Crippen molar-refractivity contribution in [2.45, 2.75) is 44.1 Å². The number of amides is 2. The smallest absolute Gasteiger partial charge is 0.243 e. The third kappa shape index (κ3) is 4.39. The predicted octanol–water partition coefficient (Wildman–Crippen LogP) is -2.80. The Morgan fingerprint density at radius 1 is 1.44 bits per heavy atom. The monoisotopic (exact) mass is 355 g/mol.